The number of hydrogen-bond donors (Lipinski definition) is 0. The quantitative estimate of drug-likeness (QED) is 0.603. The number of halogens is 1. The summed E-state index contributed by atoms with van der Waals surface area (Å²) in [5.74, 6) is 2.55. The van der Waals surface area contributed by atoms with Crippen LogP contribution in [0.25, 0.3) is 0 Å². The Hall–Kier alpha value is -2.30. The molecule has 3 nitrogen and oxygen atoms in total. The average molecular weight is 389 g/mol. The fraction of sp³-hybridized carbons (Fsp3) is 0.143. The maximum absolute atomic E-state index is 5.64. The summed E-state index contributed by atoms with van der Waals surface area (Å²) in [5.41, 5.74) is 0. The fourth-order valence-electron chi connectivity index (χ4n) is 2.72. The van der Waals surface area contributed by atoms with E-state index in [4.69, 9.17) is 14.2 Å². The van der Waals surface area contributed by atoms with Gasteiger partial charge in [0.1, 0.15) is 10.9 Å². The summed E-state index contributed by atoms with van der Waals surface area (Å²) in [7, 11) is 4.67. The second-order valence-electron chi connectivity index (χ2n) is 5.26. The van der Waals surface area contributed by atoms with Gasteiger partial charge in [-0.3, -0.25) is 0 Å². The molecular weight excluding hydrogens is 368 g/mol. The molecule has 3 rings (SSSR count). The van der Waals surface area contributed by atoms with Gasteiger partial charge in [-0.1, -0.05) is 36.4 Å². The lowest BCUT2D eigenvalue weighted by Crippen LogP contribution is -3.00. The maximum atomic E-state index is 5.64. The molecule has 3 aromatic rings. The summed E-state index contributed by atoms with van der Waals surface area (Å²) in [6, 6.07) is 24.3. The maximum Gasteiger partial charge on any atom is 0.208 e. The van der Waals surface area contributed by atoms with E-state index in [-0.39, 0.29) is 12.4 Å². The van der Waals surface area contributed by atoms with E-state index in [1.807, 2.05) is 54.6 Å². The molecule has 0 spiro atoms. The molecule has 0 fully saturated rings. The third-order valence-electron chi connectivity index (χ3n) is 3.87. The predicted molar refractivity (Wildman–Crippen MR) is 101 cm³/mol. The van der Waals surface area contributed by atoms with Gasteiger partial charge < -0.3 is 26.6 Å². The lowest BCUT2D eigenvalue weighted by molar-refractivity contribution is -0.00000605. The van der Waals surface area contributed by atoms with E-state index in [1.54, 1.807) is 21.3 Å². The van der Waals surface area contributed by atoms with Crippen LogP contribution in [-0.2, 0) is 10.9 Å². The van der Waals surface area contributed by atoms with Crippen LogP contribution in [0, 0.1) is 0 Å². The topological polar surface area (TPSA) is 27.7 Å². The highest BCUT2D eigenvalue weighted by Gasteiger charge is 2.37. The van der Waals surface area contributed by atoms with Crippen molar-refractivity contribution < 1.29 is 26.6 Å². The fourth-order valence-corrected chi connectivity index (χ4v) is 5.13. The first kappa shape index (κ1) is 20.0. The molecule has 0 saturated heterocycles. The molecule has 0 aliphatic rings. The van der Waals surface area contributed by atoms with Gasteiger partial charge in [0.15, 0.2) is 17.2 Å². The molecule has 0 atom stereocenters. The Labute approximate surface area is 163 Å². The van der Waals surface area contributed by atoms with Crippen molar-refractivity contribution in [2.24, 2.45) is 0 Å². The molecule has 0 N–H and O–H groups in total. The Morgan fingerprint density at radius 1 is 0.500 bits per heavy atom. The number of para-hydroxylation sites is 3. The van der Waals surface area contributed by atoms with E-state index in [2.05, 4.69) is 18.2 Å². The van der Waals surface area contributed by atoms with Gasteiger partial charge in [-0.2, -0.15) is 0 Å². The largest absolute Gasteiger partial charge is 1.00 e. The number of benzene rings is 3. The van der Waals surface area contributed by atoms with Gasteiger partial charge in [-0.25, -0.2) is 0 Å². The summed E-state index contributed by atoms with van der Waals surface area (Å²) in [6.45, 7) is 0. The molecule has 0 saturated carbocycles. The second-order valence-corrected chi connectivity index (χ2v) is 7.19. The molecule has 0 aliphatic carbocycles. The summed E-state index contributed by atoms with van der Waals surface area (Å²) in [4.78, 5) is 3.29. The van der Waals surface area contributed by atoms with Crippen molar-refractivity contribution >= 4 is 10.9 Å². The lowest BCUT2D eigenvalue weighted by atomic mass is 10.3. The van der Waals surface area contributed by atoms with Crippen molar-refractivity contribution in [1.82, 2.24) is 0 Å². The molecule has 0 bridgehead atoms. The molecule has 0 heterocycles. The monoisotopic (exact) mass is 388 g/mol. The SMILES string of the molecule is COc1ccccc1[S+](c1ccccc1OC)c1ccccc1OC.[Cl-]. The Morgan fingerprint density at radius 3 is 1.04 bits per heavy atom. The van der Waals surface area contributed by atoms with Crippen LogP contribution in [0.4, 0.5) is 0 Å². The summed E-state index contributed by atoms with van der Waals surface area (Å²) >= 11 is 0. The first-order chi connectivity index (χ1) is 12.3. The van der Waals surface area contributed by atoms with E-state index >= 15 is 0 Å². The normalized spacial score (nSPS) is 10.2. The van der Waals surface area contributed by atoms with Gasteiger partial charge in [0.25, 0.3) is 0 Å². The van der Waals surface area contributed by atoms with Gasteiger partial charge >= 0.3 is 0 Å². The summed E-state index contributed by atoms with van der Waals surface area (Å²) < 4.78 is 16.9. The van der Waals surface area contributed by atoms with E-state index in [1.165, 1.54) is 0 Å². The Bertz CT molecular complexity index is 741. The van der Waals surface area contributed by atoms with Crippen LogP contribution in [0.15, 0.2) is 87.5 Å². The van der Waals surface area contributed by atoms with Crippen LogP contribution in [0.1, 0.15) is 0 Å². The van der Waals surface area contributed by atoms with E-state index in [0.717, 1.165) is 31.9 Å². The molecule has 26 heavy (non-hydrogen) atoms. The first-order valence-corrected chi connectivity index (χ1v) is 9.16. The van der Waals surface area contributed by atoms with Gasteiger partial charge in [0.05, 0.1) is 21.3 Å². The van der Waals surface area contributed by atoms with Gasteiger partial charge in [-0.05, 0) is 36.4 Å². The third-order valence-corrected chi connectivity index (χ3v) is 6.20. The van der Waals surface area contributed by atoms with Crippen LogP contribution in [0.3, 0.4) is 0 Å². The highest BCUT2D eigenvalue weighted by molar-refractivity contribution is 7.97. The predicted octanol–water partition coefficient (Wildman–Crippen LogP) is 1.81. The molecule has 5 heteroatoms. The van der Waals surface area contributed by atoms with Crippen molar-refractivity contribution in [3.8, 4) is 17.2 Å². The molecule has 0 aromatic heterocycles. The van der Waals surface area contributed by atoms with Crippen LogP contribution in [-0.4, -0.2) is 21.3 Å². The minimum atomic E-state index is -0.424. The van der Waals surface area contributed by atoms with Gasteiger partial charge in [0.2, 0.25) is 14.7 Å². The van der Waals surface area contributed by atoms with Crippen LogP contribution in [0.2, 0.25) is 0 Å². The average Bonchev–Trinajstić information content (AvgIpc) is 2.69. The molecule has 0 aliphatic heterocycles. The van der Waals surface area contributed by atoms with Crippen molar-refractivity contribution in [2.75, 3.05) is 21.3 Å². The molecular formula is C21H21ClO3S. The van der Waals surface area contributed by atoms with Crippen LogP contribution < -0.4 is 26.6 Å². The number of hydrogen-bond acceptors (Lipinski definition) is 3. The Morgan fingerprint density at radius 2 is 0.769 bits per heavy atom. The molecule has 0 amide bonds. The van der Waals surface area contributed by atoms with E-state index in [0.29, 0.717) is 0 Å². The van der Waals surface area contributed by atoms with Crippen molar-refractivity contribution in [1.29, 1.82) is 0 Å². The standard InChI is InChI=1S/C21H21O3S.ClH/c1-22-16-10-4-7-13-19(16)25(20-14-8-5-11-17(20)23-2)21-15-9-6-12-18(21)24-3;/h4-15H,1-3H3;1H/q+1;/p-1. The minimum absolute atomic E-state index is 0. The summed E-state index contributed by atoms with van der Waals surface area (Å²) in [5, 5.41) is 0. The van der Waals surface area contributed by atoms with Gasteiger partial charge in [0, 0.05) is 0 Å². The number of ether oxygens (including phenoxy) is 3. The van der Waals surface area contributed by atoms with E-state index < -0.39 is 10.9 Å². The molecule has 0 unspecified atom stereocenters. The number of rotatable bonds is 6. The zero-order chi connectivity index (χ0) is 17.6. The van der Waals surface area contributed by atoms with Crippen molar-refractivity contribution in [2.45, 2.75) is 14.7 Å². The first-order valence-electron chi connectivity index (χ1n) is 7.93. The molecule has 0 radical (unpaired) electrons. The molecule has 3 aromatic carbocycles. The van der Waals surface area contributed by atoms with Crippen LogP contribution >= 0.6 is 0 Å². The minimum Gasteiger partial charge on any atom is -1.00 e. The van der Waals surface area contributed by atoms with E-state index in [9.17, 15) is 0 Å². The van der Waals surface area contributed by atoms with Gasteiger partial charge in [-0.15, -0.1) is 0 Å². The zero-order valence-corrected chi connectivity index (χ0v) is 16.5. The highest BCUT2D eigenvalue weighted by atomic mass is 35.5. The third kappa shape index (κ3) is 3.92. The smallest absolute Gasteiger partial charge is 0.208 e. The second kappa shape index (κ2) is 9.41. The van der Waals surface area contributed by atoms with Crippen molar-refractivity contribution in [3.63, 3.8) is 0 Å². The number of methoxy groups -OCH3 is 3. The summed E-state index contributed by atoms with van der Waals surface area (Å²) in [6.07, 6.45) is 0. The Balaban J connectivity index is 0.00000243. The van der Waals surface area contributed by atoms with Crippen molar-refractivity contribution in [3.05, 3.63) is 72.8 Å². The Kier molecular flexibility index (Phi) is 7.25. The van der Waals surface area contributed by atoms with Crippen LogP contribution in [0.5, 0.6) is 17.2 Å². The lowest BCUT2D eigenvalue weighted by Gasteiger charge is -2.15. The zero-order valence-electron chi connectivity index (χ0n) is 14.9. The highest BCUT2D eigenvalue weighted by Crippen LogP contribution is 2.43. The molecule has 136 valence electrons.